The number of hydrogen-bond donors (Lipinski definition) is 3. The molecule has 136 valence electrons. The summed E-state index contributed by atoms with van der Waals surface area (Å²) in [5.74, 6) is -0.499. The van der Waals surface area contributed by atoms with Crippen molar-refractivity contribution in [2.75, 3.05) is 0 Å². The molecule has 1 amide bonds. The lowest BCUT2D eigenvalue weighted by atomic mass is 10.2. The Kier molecular flexibility index (Phi) is 5.93. The number of rotatable bonds is 7. The number of aromatic nitrogens is 2. The smallest absolute Gasteiger partial charge is 0.328 e. The van der Waals surface area contributed by atoms with Crippen molar-refractivity contribution in [2.45, 2.75) is 30.8 Å². The predicted molar refractivity (Wildman–Crippen MR) is 92.9 cm³/mol. The number of H-pyrrole nitrogens is 1. The normalized spacial score (nSPS) is 12.7. The lowest BCUT2D eigenvalue weighted by Crippen LogP contribution is -2.47. The fraction of sp³-hybridized carbons (Fsp3) is 0.357. The third-order valence-corrected chi connectivity index (χ3v) is 5.75. The summed E-state index contributed by atoms with van der Waals surface area (Å²) >= 11 is 1.47. The van der Waals surface area contributed by atoms with Gasteiger partial charge in [0, 0.05) is 18.1 Å². The molecule has 2 aromatic rings. The number of thiophene rings is 1. The lowest BCUT2D eigenvalue weighted by Gasteiger charge is -2.16. The number of nitrogens with zero attached hydrogens (tertiary/aromatic N) is 1. The van der Waals surface area contributed by atoms with E-state index in [1.807, 2.05) is 22.5 Å². The van der Waals surface area contributed by atoms with Crippen LogP contribution in [0.1, 0.15) is 18.2 Å². The molecule has 2 heterocycles. The molecule has 3 N–H and O–H groups in total. The number of amides is 1. The molecule has 11 heteroatoms. The van der Waals surface area contributed by atoms with Gasteiger partial charge in [0.05, 0.1) is 6.54 Å². The number of aromatic amines is 1. The van der Waals surface area contributed by atoms with Crippen molar-refractivity contribution in [3.8, 4) is 0 Å². The van der Waals surface area contributed by atoms with Crippen molar-refractivity contribution < 1.29 is 13.2 Å². The first-order valence-corrected chi connectivity index (χ1v) is 9.73. The van der Waals surface area contributed by atoms with Gasteiger partial charge in [-0.25, -0.2) is 13.2 Å². The number of sulfonamides is 1. The lowest BCUT2D eigenvalue weighted by molar-refractivity contribution is -0.122. The molecule has 0 aromatic carbocycles. The highest BCUT2D eigenvalue weighted by Gasteiger charge is 2.27. The Morgan fingerprint density at radius 1 is 1.40 bits per heavy atom. The first-order chi connectivity index (χ1) is 11.7. The maximum atomic E-state index is 12.4. The molecule has 9 nitrogen and oxygen atoms in total. The van der Waals surface area contributed by atoms with Crippen LogP contribution in [-0.4, -0.2) is 29.9 Å². The van der Waals surface area contributed by atoms with Crippen molar-refractivity contribution >= 4 is 27.3 Å². The van der Waals surface area contributed by atoms with Crippen molar-refractivity contribution in [1.29, 1.82) is 0 Å². The Morgan fingerprint density at radius 2 is 2.12 bits per heavy atom. The van der Waals surface area contributed by atoms with Gasteiger partial charge in [-0.15, -0.1) is 11.3 Å². The second-order valence-corrected chi connectivity index (χ2v) is 7.96. The monoisotopic (exact) mass is 386 g/mol. The molecule has 0 aliphatic carbocycles. The summed E-state index contributed by atoms with van der Waals surface area (Å²) in [4.78, 5) is 37.5. The van der Waals surface area contributed by atoms with E-state index in [2.05, 4.69) is 10.0 Å². The highest BCUT2D eigenvalue weighted by molar-refractivity contribution is 7.89. The van der Waals surface area contributed by atoms with Gasteiger partial charge >= 0.3 is 5.69 Å². The SMILES string of the molecule is CCC(NS(=O)(=O)c1cn(C)c(=O)[nH]c1=O)C(=O)NCc1cccs1. The number of aryl methyl sites for hydroxylation is 1. The quantitative estimate of drug-likeness (QED) is 0.591. The van der Waals surface area contributed by atoms with Crippen LogP contribution in [0.15, 0.2) is 38.2 Å². The number of hydrogen-bond acceptors (Lipinski definition) is 6. The molecule has 2 aromatic heterocycles. The maximum absolute atomic E-state index is 12.4. The largest absolute Gasteiger partial charge is 0.350 e. The van der Waals surface area contributed by atoms with Crippen molar-refractivity contribution in [1.82, 2.24) is 19.6 Å². The highest BCUT2D eigenvalue weighted by Crippen LogP contribution is 2.08. The van der Waals surface area contributed by atoms with E-state index in [0.29, 0.717) is 0 Å². The third kappa shape index (κ3) is 4.65. The van der Waals surface area contributed by atoms with Crippen molar-refractivity contribution in [3.63, 3.8) is 0 Å². The second kappa shape index (κ2) is 7.76. The van der Waals surface area contributed by atoms with E-state index in [1.165, 1.54) is 18.4 Å². The molecule has 0 spiro atoms. The summed E-state index contributed by atoms with van der Waals surface area (Å²) in [5, 5.41) is 4.52. The van der Waals surface area contributed by atoms with Gasteiger partial charge < -0.3 is 9.88 Å². The molecule has 2 rings (SSSR count). The van der Waals surface area contributed by atoms with Gasteiger partial charge in [0.25, 0.3) is 5.56 Å². The Labute approximate surface area is 147 Å². The van der Waals surface area contributed by atoms with Crippen LogP contribution in [0.2, 0.25) is 0 Å². The zero-order valence-corrected chi connectivity index (χ0v) is 15.2. The first kappa shape index (κ1) is 19.1. The average Bonchev–Trinajstić information content (AvgIpc) is 3.07. The Hall–Kier alpha value is -2.24. The number of nitrogens with one attached hydrogen (secondary N) is 3. The van der Waals surface area contributed by atoms with Crippen LogP contribution in [0.5, 0.6) is 0 Å². The molecule has 0 radical (unpaired) electrons. The maximum Gasteiger partial charge on any atom is 0.328 e. The number of carbonyl (C=O) groups is 1. The first-order valence-electron chi connectivity index (χ1n) is 7.37. The molecule has 1 unspecified atom stereocenters. The molecule has 0 aliphatic heterocycles. The minimum Gasteiger partial charge on any atom is -0.350 e. The molecule has 0 aliphatic rings. The van der Waals surface area contributed by atoms with Crippen LogP contribution in [0.3, 0.4) is 0 Å². The van der Waals surface area contributed by atoms with E-state index in [9.17, 15) is 22.8 Å². The molecule has 1 atom stereocenters. The fourth-order valence-corrected chi connectivity index (χ4v) is 4.03. The summed E-state index contributed by atoms with van der Waals surface area (Å²) in [5.41, 5.74) is -1.77. The summed E-state index contributed by atoms with van der Waals surface area (Å²) in [6.07, 6.45) is 1.11. The van der Waals surface area contributed by atoms with Gasteiger partial charge in [0.1, 0.15) is 6.04 Å². The zero-order valence-electron chi connectivity index (χ0n) is 13.6. The predicted octanol–water partition coefficient (Wildman–Crippen LogP) is -0.492. The second-order valence-electron chi connectivity index (χ2n) is 5.24. The Balaban J connectivity index is 2.16. The highest BCUT2D eigenvalue weighted by atomic mass is 32.2. The van der Waals surface area contributed by atoms with Gasteiger partial charge in [-0.3, -0.25) is 14.6 Å². The van der Waals surface area contributed by atoms with Gasteiger partial charge in [-0.1, -0.05) is 13.0 Å². The molecule has 0 fully saturated rings. The van der Waals surface area contributed by atoms with E-state index < -0.39 is 38.1 Å². The van der Waals surface area contributed by atoms with Crippen molar-refractivity contribution in [3.05, 3.63) is 49.4 Å². The average molecular weight is 386 g/mol. The van der Waals surface area contributed by atoms with E-state index in [1.54, 1.807) is 6.92 Å². The van der Waals surface area contributed by atoms with Crippen LogP contribution in [0.25, 0.3) is 0 Å². The van der Waals surface area contributed by atoms with E-state index in [4.69, 9.17) is 0 Å². The fourth-order valence-electron chi connectivity index (χ4n) is 2.02. The zero-order chi connectivity index (χ0) is 18.6. The molecule has 0 bridgehead atoms. The van der Waals surface area contributed by atoms with Gasteiger partial charge in [-0.2, -0.15) is 4.72 Å². The van der Waals surface area contributed by atoms with E-state index >= 15 is 0 Å². The number of carbonyl (C=O) groups excluding carboxylic acids is 1. The third-order valence-electron chi connectivity index (χ3n) is 3.40. The molecular weight excluding hydrogens is 368 g/mol. The molecule has 0 saturated heterocycles. The summed E-state index contributed by atoms with van der Waals surface area (Å²) in [6, 6.07) is 2.65. The summed E-state index contributed by atoms with van der Waals surface area (Å²) < 4.78 is 27.9. The van der Waals surface area contributed by atoms with E-state index in [0.717, 1.165) is 15.6 Å². The summed E-state index contributed by atoms with van der Waals surface area (Å²) in [7, 11) is -2.96. The minimum atomic E-state index is -4.27. The van der Waals surface area contributed by atoms with Gasteiger partial charge in [-0.05, 0) is 17.9 Å². The van der Waals surface area contributed by atoms with Gasteiger partial charge in [0.15, 0.2) is 4.90 Å². The van der Waals surface area contributed by atoms with Crippen molar-refractivity contribution in [2.24, 2.45) is 7.05 Å². The standard InChI is InChI=1S/C14H18N4O5S2/c1-3-10(12(19)15-7-9-5-4-6-24-9)17-25(22,23)11-8-18(2)14(21)16-13(11)20/h4-6,8,10,17H,3,7H2,1-2H3,(H,15,19)(H,16,20,21). The Bertz CT molecular complexity index is 960. The summed E-state index contributed by atoms with van der Waals surface area (Å²) in [6.45, 7) is 1.93. The molecule has 0 saturated carbocycles. The van der Waals surface area contributed by atoms with Crippen LogP contribution in [0.4, 0.5) is 0 Å². The van der Waals surface area contributed by atoms with Crippen LogP contribution < -0.4 is 21.3 Å². The Morgan fingerprint density at radius 3 is 2.72 bits per heavy atom. The van der Waals surface area contributed by atoms with Crippen LogP contribution in [-0.2, 0) is 28.4 Å². The minimum absolute atomic E-state index is 0.194. The topological polar surface area (TPSA) is 130 Å². The van der Waals surface area contributed by atoms with E-state index in [-0.39, 0.29) is 13.0 Å². The molecular formula is C14H18N4O5S2. The van der Waals surface area contributed by atoms with Gasteiger partial charge in [0.2, 0.25) is 15.9 Å². The van der Waals surface area contributed by atoms with Crippen LogP contribution in [0, 0.1) is 0 Å². The van der Waals surface area contributed by atoms with Crippen LogP contribution >= 0.6 is 11.3 Å². The molecule has 25 heavy (non-hydrogen) atoms.